The summed E-state index contributed by atoms with van der Waals surface area (Å²) in [5, 5.41) is 44.8. The first-order valence-corrected chi connectivity index (χ1v) is 13.4. The summed E-state index contributed by atoms with van der Waals surface area (Å²) in [6.45, 7) is 9.08. The molecular weight excluding hydrogens is 534 g/mol. The summed E-state index contributed by atoms with van der Waals surface area (Å²) in [5.41, 5.74) is -1.29. The first kappa shape index (κ1) is 30.3. The summed E-state index contributed by atoms with van der Waals surface area (Å²) < 4.78 is 22.5. The second-order valence-electron chi connectivity index (χ2n) is 11.3. The van der Waals surface area contributed by atoms with Gasteiger partial charge < -0.3 is 44.4 Å². The van der Waals surface area contributed by atoms with Crippen LogP contribution < -0.4 is 15.7 Å². The van der Waals surface area contributed by atoms with E-state index in [0.717, 1.165) is 6.42 Å². The molecule has 4 rings (SSSR count). The number of carbonyl (C=O) groups is 1. The highest BCUT2D eigenvalue weighted by Crippen LogP contribution is 2.38. The fraction of sp³-hybridized carbons (Fsp3) is 0.467. The Morgan fingerprint density at radius 2 is 1.83 bits per heavy atom. The normalized spacial score (nSPS) is 22.2. The topological polar surface area (TPSA) is 168 Å². The van der Waals surface area contributed by atoms with Crippen molar-refractivity contribution in [1.82, 2.24) is 0 Å². The van der Waals surface area contributed by atoms with Crippen molar-refractivity contribution in [1.29, 1.82) is 0 Å². The Balaban J connectivity index is 1.61. The second-order valence-corrected chi connectivity index (χ2v) is 11.3. The zero-order chi connectivity index (χ0) is 30.2. The number of hydrogen-bond acceptors (Lipinski definition) is 10. The van der Waals surface area contributed by atoms with Crippen LogP contribution in [0.25, 0.3) is 11.0 Å². The first-order valence-electron chi connectivity index (χ1n) is 13.4. The molecule has 2 aromatic carbocycles. The summed E-state index contributed by atoms with van der Waals surface area (Å²) >= 11 is 0. The number of aromatic hydroxyl groups is 2. The molecule has 0 radical (unpaired) electrons. The average molecular weight is 572 g/mol. The van der Waals surface area contributed by atoms with Crippen molar-refractivity contribution >= 4 is 22.6 Å². The number of ether oxygens (including phenoxy) is 3. The van der Waals surface area contributed by atoms with E-state index in [4.69, 9.17) is 18.6 Å². The van der Waals surface area contributed by atoms with E-state index in [1.807, 2.05) is 0 Å². The number of aliphatic hydroxyl groups excluding tert-OH is 2. The van der Waals surface area contributed by atoms with Crippen LogP contribution in [-0.2, 0) is 15.9 Å². The van der Waals surface area contributed by atoms with Crippen molar-refractivity contribution < 1.29 is 43.8 Å². The minimum atomic E-state index is -1.44. The lowest BCUT2D eigenvalue weighted by atomic mass is 9.89. The lowest BCUT2D eigenvalue weighted by Gasteiger charge is -2.46. The van der Waals surface area contributed by atoms with E-state index in [9.17, 15) is 30.0 Å². The maximum Gasteiger partial charge on any atom is 0.364 e. The Hall–Kier alpha value is -3.64. The van der Waals surface area contributed by atoms with Crippen LogP contribution >= 0.6 is 0 Å². The van der Waals surface area contributed by atoms with E-state index in [1.54, 1.807) is 26.8 Å². The summed E-state index contributed by atoms with van der Waals surface area (Å²) in [6, 6.07) is 7.31. The highest BCUT2D eigenvalue weighted by atomic mass is 16.7. The van der Waals surface area contributed by atoms with E-state index in [-0.39, 0.29) is 28.0 Å². The Labute approximate surface area is 237 Å². The minimum absolute atomic E-state index is 0.00322. The number of fused-ring (bicyclic) bond motifs is 1. The number of methoxy groups -OCH3 is 1. The average Bonchev–Trinajstić information content (AvgIpc) is 2.90. The molecule has 2 heterocycles. The van der Waals surface area contributed by atoms with E-state index in [0.29, 0.717) is 23.5 Å². The molecule has 5 N–H and O–H groups in total. The summed E-state index contributed by atoms with van der Waals surface area (Å²) in [7, 11) is 1.40. The van der Waals surface area contributed by atoms with Crippen LogP contribution in [0.3, 0.4) is 0 Å². The third-order valence-corrected chi connectivity index (χ3v) is 7.36. The molecule has 11 nitrogen and oxygen atoms in total. The molecule has 0 unspecified atom stereocenters. The molecule has 1 aromatic heterocycles. The van der Waals surface area contributed by atoms with Gasteiger partial charge in [0.15, 0.2) is 11.4 Å². The molecule has 1 saturated heterocycles. The maximum absolute atomic E-state index is 13.0. The van der Waals surface area contributed by atoms with Crippen LogP contribution in [0, 0.1) is 12.8 Å². The molecule has 1 aliphatic heterocycles. The smallest absolute Gasteiger partial charge is 0.364 e. The van der Waals surface area contributed by atoms with Gasteiger partial charge >= 0.3 is 5.63 Å². The van der Waals surface area contributed by atoms with Crippen molar-refractivity contribution in [2.45, 2.75) is 77.7 Å². The molecule has 222 valence electrons. The van der Waals surface area contributed by atoms with E-state index in [1.165, 1.54) is 31.4 Å². The standard InChI is InChI=1S/C30H37NO10/c1-14(2)7-8-16-13-17(9-11-19(16)32)27(36)31-21-22(33)18-10-12-20(15(3)25(18)40-28(21)37)39-29-24(35)23(34)26(38-6)30(4,5)41-29/h9-14,23-24,26,29,32-35H,7-8H2,1-6H3,(H,31,36)/t23-,24+,26+,29+/m0/s1. The number of aliphatic hydroxyl groups is 2. The fourth-order valence-corrected chi connectivity index (χ4v) is 4.99. The maximum atomic E-state index is 13.0. The molecule has 3 aromatic rings. The Kier molecular flexibility index (Phi) is 8.65. The third-order valence-electron chi connectivity index (χ3n) is 7.36. The monoisotopic (exact) mass is 571 g/mol. The number of rotatable bonds is 8. The highest BCUT2D eigenvalue weighted by Gasteiger charge is 2.50. The van der Waals surface area contributed by atoms with Gasteiger partial charge in [-0.25, -0.2) is 4.79 Å². The number of carbonyl (C=O) groups excluding carboxylic acids is 1. The van der Waals surface area contributed by atoms with Gasteiger partial charge in [-0.05, 0) is 75.4 Å². The van der Waals surface area contributed by atoms with E-state index in [2.05, 4.69) is 19.2 Å². The van der Waals surface area contributed by atoms with Crippen LogP contribution in [0.15, 0.2) is 39.5 Å². The van der Waals surface area contributed by atoms with Gasteiger partial charge in [-0.1, -0.05) is 13.8 Å². The predicted octanol–water partition coefficient (Wildman–Crippen LogP) is 3.60. The number of hydrogen-bond donors (Lipinski definition) is 5. The lowest BCUT2D eigenvalue weighted by molar-refractivity contribution is -0.306. The van der Waals surface area contributed by atoms with Crippen LogP contribution in [0.1, 0.15) is 55.6 Å². The van der Waals surface area contributed by atoms with E-state index < -0.39 is 53.2 Å². The number of aryl methyl sites for hydroxylation is 2. The quantitative estimate of drug-likeness (QED) is 0.252. The molecule has 1 fully saturated rings. The minimum Gasteiger partial charge on any atom is -0.508 e. The molecule has 41 heavy (non-hydrogen) atoms. The number of benzene rings is 2. The molecule has 11 heteroatoms. The van der Waals surface area contributed by atoms with Crippen molar-refractivity contribution in [3.63, 3.8) is 0 Å². The van der Waals surface area contributed by atoms with Crippen LogP contribution in [0.2, 0.25) is 0 Å². The number of phenolic OH excluding ortho intramolecular Hbond substituents is 1. The number of nitrogens with one attached hydrogen (secondary N) is 1. The number of amides is 1. The summed E-state index contributed by atoms with van der Waals surface area (Å²) in [4.78, 5) is 25.9. The molecular formula is C30H37NO10. The Bertz CT molecular complexity index is 1490. The molecule has 0 saturated carbocycles. The van der Waals surface area contributed by atoms with Crippen molar-refractivity contribution in [2.75, 3.05) is 12.4 Å². The Morgan fingerprint density at radius 3 is 2.49 bits per heavy atom. The molecule has 0 aliphatic carbocycles. The van der Waals surface area contributed by atoms with Crippen LogP contribution in [-0.4, -0.2) is 63.6 Å². The first-order chi connectivity index (χ1) is 19.2. The predicted molar refractivity (Wildman–Crippen MR) is 150 cm³/mol. The Morgan fingerprint density at radius 1 is 1.12 bits per heavy atom. The molecule has 1 aliphatic rings. The molecule has 0 spiro atoms. The third kappa shape index (κ3) is 6.03. The van der Waals surface area contributed by atoms with Gasteiger partial charge in [0.05, 0.1) is 11.0 Å². The molecule has 1 amide bonds. The lowest BCUT2D eigenvalue weighted by Crippen LogP contribution is -2.63. The molecule has 4 atom stereocenters. The zero-order valence-electron chi connectivity index (χ0n) is 23.9. The van der Waals surface area contributed by atoms with Gasteiger partial charge in [-0.3, -0.25) is 4.79 Å². The fourth-order valence-electron chi connectivity index (χ4n) is 4.99. The van der Waals surface area contributed by atoms with Gasteiger partial charge in [-0.15, -0.1) is 0 Å². The van der Waals surface area contributed by atoms with Gasteiger partial charge in [0, 0.05) is 18.2 Å². The number of anilines is 1. The van der Waals surface area contributed by atoms with Crippen molar-refractivity contribution in [3.8, 4) is 17.2 Å². The van der Waals surface area contributed by atoms with Gasteiger partial charge in [0.2, 0.25) is 6.29 Å². The van der Waals surface area contributed by atoms with Crippen LogP contribution in [0.4, 0.5) is 5.69 Å². The zero-order valence-corrected chi connectivity index (χ0v) is 23.9. The number of phenols is 1. The SMILES string of the molecule is CO[C@@H]1[C@@H](O)[C@@H](O)[C@H](Oc2ccc3c(O)c(NC(=O)c4ccc(O)c(CCC(C)C)c4)c(=O)oc3c2C)OC1(C)C. The highest BCUT2D eigenvalue weighted by molar-refractivity contribution is 6.06. The van der Waals surface area contributed by atoms with Gasteiger partial charge in [0.25, 0.3) is 5.91 Å². The van der Waals surface area contributed by atoms with Crippen molar-refractivity contribution in [3.05, 3.63) is 57.4 Å². The second kappa shape index (κ2) is 11.7. The largest absolute Gasteiger partial charge is 0.508 e. The van der Waals surface area contributed by atoms with E-state index >= 15 is 0 Å². The van der Waals surface area contributed by atoms with Gasteiger partial charge in [-0.2, -0.15) is 0 Å². The van der Waals surface area contributed by atoms with Crippen LogP contribution in [0.5, 0.6) is 17.2 Å². The van der Waals surface area contributed by atoms with Crippen molar-refractivity contribution in [2.24, 2.45) is 5.92 Å². The van der Waals surface area contributed by atoms with Gasteiger partial charge in [0.1, 0.15) is 35.4 Å². The summed E-state index contributed by atoms with van der Waals surface area (Å²) in [6.07, 6.45) is -3.40. The summed E-state index contributed by atoms with van der Waals surface area (Å²) in [5.74, 6) is -0.494. The molecule has 0 bridgehead atoms.